The van der Waals surface area contributed by atoms with Crippen molar-refractivity contribution in [3.63, 3.8) is 0 Å². The van der Waals surface area contributed by atoms with Crippen LogP contribution in [0, 0.1) is 6.92 Å². The summed E-state index contributed by atoms with van der Waals surface area (Å²) in [6, 6.07) is 12.7. The van der Waals surface area contributed by atoms with E-state index in [4.69, 9.17) is 4.98 Å². The number of aromatic nitrogens is 1. The Balaban J connectivity index is 1.62. The molecular weight excluding hydrogens is 246 g/mol. The average molecular weight is 268 g/mol. The normalized spacial score (nSPS) is 17.6. The number of piperazine rings is 1. The second kappa shape index (κ2) is 6.33. The van der Waals surface area contributed by atoms with Gasteiger partial charge in [0.25, 0.3) is 0 Å². The van der Waals surface area contributed by atoms with E-state index < -0.39 is 0 Å². The Morgan fingerprint density at radius 2 is 1.70 bits per heavy atom. The van der Waals surface area contributed by atoms with Gasteiger partial charge in [-0.2, -0.15) is 0 Å². The summed E-state index contributed by atoms with van der Waals surface area (Å²) in [7, 11) is 0. The molecule has 0 bridgehead atoms. The molecule has 0 spiro atoms. The van der Waals surface area contributed by atoms with Crippen LogP contribution in [0.4, 0.5) is 0 Å². The van der Waals surface area contributed by atoms with E-state index in [0.717, 1.165) is 51.2 Å². The maximum Gasteiger partial charge on any atom is 0.0705 e. The van der Waals surface area contributed by atoms with Crippen LogP contribution < -0.4 is 0 Å². The first kappa shape index (κ1) is 13.5. The van der Waals surface area contributed by atoms with Crippen molar-refractivity contribution in [1.29, 1.82) is 0 Å². The Kier molecular flexibility index (Phi) is 4.28. The van der Waals surface area contributed by atoms with Gasteiger partial charge in [0.2, 0.25) is 0 Å². The molecule has 1 aliphatic rings. The molecule has 0 N–H and O–H groups in total. The first-order valence-electron chi connectivity index (χ1n) is 7.44. The monoisotopic (exact) mass is 268 g/mol. The van der Waals surface area contributed by atoms with E-state index in [9.17, 15) is 0 Å². The minimum absolute atomic E-state index is 0.961. The third-order valence-electron chi connectivity index (χ3n) is 3.98. The molecule has 1 fully saturated rings. The minimum Gasteiger partial charge on any atom is -0.301 e. The number of hydrogen-bond acceptors (Lipinski definition) is 3. The number of benzene rings is 1. The topological polar surface area (TPSA) is 19.4 Å². The molecule has 0 amide bonds. The molecule has 20 heavy (non-hydrogen) atoms. The highest BCUT2D eigenvalue weighted by Gasteiger charge is 2.16. The molecule has 3 rings (SSSR count). The second-order valence-corrected chi connectivity index (χ2v) is 5.47. The van der Waals surface area contributed by atoms with Gasteiger partial charge in [0.1, 0.15) is 0 Å². The fraction of sp³-hybridized carbons (Fsp3) is 0.412. The van der Waals surface area contributed by atoms with Gasteiger partial charge < -0.3 is 4.90 Å². The molecule has 3 nitrogen and oxygen atoms in total. The van der Waals surface area contributed by atoms with E-state index >= 15 is 0 Å². The van der Waals surface area contributed by atoms with Crippen molar-refractivity contribution in [2.45, 2.75) is 13.0 Å². The number of rotatable bonds is 4. The maximum atomic E-state index is 4.76. The lowest BCUT2D eigenvalue weighted by Gasteiger charge is -2.34. The third-order valence-corrected chi connectivity index (χ3v) is 3.98. The summed E-state index contributed by atoms with van der Waals surface area (Å²) in [5.41, 5.74) is 2.27. The Labute approximate surface area is 121 Å². The summed E-state index contributed by atoms with van der Waals surface area (Å²) in [5, 5.41) is 1.22. The van der Waals surface area contributed by atoms with Gasteiger partial charge in [-0.3, -0.25) is 9.88 Å². The van der Waals surface area contributed by atoms with Gasteiger partial charge in [-0.1, -0.05) is 31.2 Å². The molecular formula is C17H22N3. The quantitative estimate of drug-likeness (QED) is 0.849. The Bertz CT molecular complexity index is 559. The van der Waals surface area contributed by atoms with Crippen LogP contribution in [0.25, 0.3) is 10.9 Å². The van der Waals surface area contributed by atoms with Crippen LogP contribution in [-0.4, -0.2) is 47.5 Å². The van der Waals surface area contributed by atoms with E-state index in [0.29, 0.717) is 0 Å². The molecule has 2 aromatic rings. The fourth-order valence-corrected chi connectivity index (χ4v) is 2.82. The molecule has 1 saturated heterocycles. The summed E-state index contributed by atoms with van der Waals surface area (Å²) in [5.74, 6) is 0. The predicted octanol–water partition coefficient (Wildman–Crippen LogP) is 2.58. The van der Waals surface area contributed by atoms with Crippen molar-refractivity contribution < 1.29 is 0 Å². The summed E-state index contributed by atoms with van der Waals surface area (Å²) >= 11 is 0. The lowest BCUT2D eigenvalue weighted by molar-refractivity contribution is 0.127. The van der Waals surface area contributed by atoms with Gasteiger partial charge in [0, 0.05) is 38.1 Å². The molecule has 0 saturated carbocycles. The zero-order valence-electron chi connectivity index (χ0n) is 12.0. The highest BCUT2D eigenvalue weighted by atomic mass is 15.3. The van der Waals surface area contributed by atoms with Gasteiger partial charge in [-0.25, -0.2) is 0 Å². The highest BCUT2D eigenvalue weighted by molar-refractivity contribution is 5.78. The summed E-state index contributed by atoms with van der Waals surface area (Å²) in [4.78, 5) is 9.75. The smallest absolute Gasteiger partial charge is 0.0705 e. The lowest BCUT2D eigenvalue weighted by atomic mass is 10.2. The molecule has 0 unspecified atom stereocenters. The van der Waals surface area contributed by atoms with Crippen molar-refractivity contribution in [1.82, 2.24) is 14.8 Å². The highest BCUT2D eigenvalue weighted by Crippen LogP contribution is 2.14. The molecule has 105 valence electrons. The molecule has 0 aliphatic carbocycles. The number of pyridine rings is 1. The number of para-hydroxylation sites is 1. The standard InChI is InChI=1S/C17H22N3/c1-2-9-19-10-12-20(13-11-19)14-16-8-7-15-5-3-4-6-17(15)18-16/h3-8H,1-2,9-14H2. The molecule has 0 atom stereocenters. The Hall–Kier alpha value is -1.45. The van der Waals surface area contributed by atoms with E-state index in [1.165, 1.54) is 11.1 Å². The third kappa shape index (κ3) is 3.17. The van der Waals surface area contributed by atoms with Crippen LogP contribution in [0.15, 0.2) is 36.4 Å². The van der Waals surface area contributed by atoms with Gasteiger partial charge in [-0.05, 0) is 25.1 Å². The second-order valence-electron chi connectivity index (χ2n) is 5.47. The van der Waals surface area contributed by atoms with Crippen LogP contribution in [0.5, 0.6) is 0 Å². The van der Waals surface area contributed by atoms with Gasteiger partial charge >= 0.3 is 0 Å². The van der Waals surface area contributed by atoms with Crippen LogP contribution in [-0.2, 0) is 6.54 Å². The van der Waals surface area contributed by atoms with Gasteiger partial charge in [0.05, 0.1) is 11.2 Å². The summed E-state index contributed by atoms with van der Waals surface area (Å²) in [6.07, 6.45) is 1.01. The molecule has 2 heterocycles. The average Bonchev–Trinajstić information content (AvgIpc) is 2.49. The van der Waals surface area contributed by atoms with Gasteiger partial charge in [0.15, 0.2) is 0 Å². The van der Waals surface area contributed by atoms with Crippen molar-refractivity contribution >= 4 is 10.9 Å². The first-order valence-corrected chi connectivity index (χ1v) is 7.44. The van der Waals surface area contributed by atoms with E-state index in [2.05, 4.69) is 53.1 Å². The largest absolute Gasteiger partial charge is 0.301 e. The SMILES string of the molecule is [CH2]CCN1CCN(Cc2ccc3ccccc3n2)CC1. The number of hydrogen-bond donors (Lipinski definition) is 0. The van der Waals surface area contributed by atoms with Crippen molar-refractivity contribution in [3.05, 3.63) is 49.0 Å². The molecule has 1 aromatic heterocycles. The van der Waals surface area contributed by atoms with Crippen molar-refractivity contribution in [2.24, 2.45) is 0 Å². The minimum atomic E-state index is 0.961. The lowest BCUT2D eigenvalue weighted by Crippen LogP contribution is -2.46. The van der Waals surface area contributed by atoms with Crippen molar-refractivity contribution in [3.8, 4) is 0 Å². The summed E-state index contributed by atoms with van der Waals surface area (Å²) in [6.45, 7) is 10.6. The Morgan fingerprint density at radius 3 is 2.50 bits per heavy atom. The van der Waals surface area contributed by atoms with Crippen LogP contribution in [0.2, 0.25) is 0 Å². The van der Waals surface area contributed by atoms with E-state index in [1.54, 1.807) is 0 Å². The predicted molar refractivity (Wildman–Crippen MR) is 83.4 cm³/mol. The van der Waals surface area contributed by atoms with Crippen LogP contribution in [0.3, 0.4) is 0 Å². The van der Waals surface area contributed by atoms with Crippen LogP contribution in [0.1, 0.15) is 12.1 Å². The molecule has 1 aromatic carbocycles. The summed E-state index contributed by atoms with van der Waals surface area (Å²) < 4.78 is 0. The zero-order valence-corrected chi connectivity index (χ0v) is 12.0. The van der Waals surface area contributed by atoms with Crippen LogP contribution >= 0.6 is 0 Å². The zero-order chi connectivity index (χ0) is 13.8. The van der Waals surface area contributed by atoms with E-state index in [-0.39, 0.29) is 0 Å². The van der Waals surface area contributed by atoms with E-state index in [1.807, 2.05) is 0 Å². The molecule has 3 heteroatoms. The molecule has 1 aliphatic heterocycles. The van der Waals surface area contributed by atoms with Gasteiger partial charge in [-0.15, -0.1) is 0 Å². The first-order chi connectivity index (χ1) is 9.85. The Morgan fingerprint density at radius 1 is 0.950 bits per heavy atom. The van der Waals surface area contributed by atoms with Crippen molar-refractivity contribution in [2.75, 3.05) is 32.7 Å². The number of fused-ring (bicyclic) bond motifs is 1. The maximum absolute atomic E-state index is 4.76. The number of nitrogens with zero attached hydrogens (tertiary/aromatic N) is 3. The fourth-order valence-electron chi connectivity index (χ4n) is 2.82. The molecule has 1 radical (unpaired) electrons.